The number of aromatic nitrogens is 2. The van der Waals surface area contributed by atoms with E-state index in [0.29, 0.717) is 17.1 Å². The number of hydrogen-bond acceptors (Lipinski definition) is 9. The lowest BCUT2D eigenvalue weighted by molar-refractivity contribution is -0.456. The fourth-order valence-corrected chi connectivity index (χ4v) is 1.83. The lowest BCUT2D eigenvalue weighted by Crippen LogP contribution is -2.63. The van der Waals surface area contributed by atoms with E-state index in [2.05, 4.69) is 25.1 Å². The van der Waals surface area contributed by atoms with Gasteiger partial charge >= 0.3 is 5.97 Å². The minimum absolute atomic E-state index is 0.00883. The maximum absolute atomic E-state index is 11.2. The number of nitrogens with one attached hydrogen (secondary N) is 1. The first-order chi connectivity index (χ1) is 12.0. The van der Waals surface area contributed by atoms with Crippen LogP contribution in [0.1, 0.15) is 18.2 Å². The van der Waals surface area contributed by atoms with E-state index in [4.69, 9.17) is 25.7 Å². The lowest BCUT2D eigenvalue weighted by atomic mass is 10.2. The van der Waals surface area contributed by atoms with Crippen molar-refractivity contribution in [2.75, 3.05) is 20.0 Å². The Bertz CT molecular complexity index is 804. The molecule has 11 heteroatoms. The summed E-state index contributed by atoms with van der Waals surface area (Å²) in [5, 5.41) is 13.4. The predicted octanol–water partition coefficient (Wildman–Crippen LogP) is -1.59. The first kappa shape index (κ1) is 17.7. The highest BCUT2D eigenvalue weighted by Gasteiger charge is 2.16. The number of ether oxygens (including phenoxy) is 3. The molecule has 0 unspecified atom stereocenters. The molecule has 2 rings (SSSR count). The minimum atomic E-state index is -0.498. The van der Waals surface area contributed by atoms with Crippen LogP contribution in [0.15, 0.2) is 21.9 Å². The van der Waals surface area contributed by atoms with Crippen LogP contribution in [0.5, 0.6) is 17.2 Å². The lowest BCUT2D eigenvalue weighted by Gasteiger charge is -2.12. The topological polar surface area (TPSA) is 162 Å². The number of methoxy groups -OCH3 is 2. The van der Waals surface area contributed by atoms with E-state index in [0.717, 1.165) is 0 Å². The summed E-state index contributed by atoms with van der Waals surface area (Å²) >= 11 is 0. The molecule has 0 aliphatic heterocycles. The van der Waals surface area contributed by atoms with E-state index in [1.165, 1.54) is 27.4 Å². The largest absolute Gasteiger partial charge is 0.493 e. The maximum atomic E-state index is 11.2. The quantitative estimate of drug-likeness (QED) is 0.183. The Morgan fingerprint density at radius 2 is 1.92 bits per heavy atom. The third kappa shape index (κ3) is 4.22. The predicted molar refractivity (Wildman–Crippen MR) is 86.4 cm³/mol. The molecule has 1 aromatic heterocycles. The monoisotopic (exact) mass is 349 g/mol. The van der Waals surface area contributed by atoms with Crippen molar-refractivity contribution in [2.24, 2.45) is 10.8 Å². The molecule has 0 spiro atoms. The Morgan fingerprint density at radius 1 is 1.28 bits per heavy atom. The molecular formula is C14H17N6O5+. The molecular weight excluding hydrogens is 332 g/mol. The molecule has 0 aliphatic carbocycles. The van der Waals surface area contributed by atoms with Crippen molar-refractivity contribution in [3.8, 4) is 17.2 Å². The van der Waals surface area contributed by atoms with Gasteiger partial charge in [-0.2, -0.15) is 0 Å². The van der Waals surface area contributed by atoms with Crippen molar-refractivity contribution in [3.05, 3.63) is 23.4 Å². The van der Waals surface area contributed by atoms with Crippen LogP contribution in [-0.4, -0.2) is 42.6 Å². The molecule has 0 radical (unpaired) electrons. The highest BCUT2D eigenvalue weighted by molar-refractivity contribution is 5.98. The molecule has 0 bridgehead atoms. The number of hydrazone groups is 1. The molecule has 25 heavy (non-hydrogen) atoms. The smallest absolute Gasteiger partial charge is 0.308 e. The van der Waals surface area contributed by atoms with Crippen LogP contribution in [0.25, 0.3) is 0 Å². The van der Waals surface area contributed by atoms with E-state index >= 15 is 0 Å². The summed E-state index contributed by atoms with van der Waals surface area (Å²) < 4.78 is 20.0. The average Bonchev–Trinajstić information content (AvgIpc) is 3.01. The summed E-state index contributed by atoms with van der Waals surface area (Å²) in [5.74, 6) is 0.318. The third-order valence-electron chi connectivity index (χ3n) is 2.90. The summed E-state index contributed by atoms with van der Waals surface area (Å²) in [6.07, 6.45) is 1.51. The van der Waals surface area contributed by atoms with Crippen LogP contribution in [-0.2, 0) is 4.79 Å². The normalized spacial score (nSPS) is 11.6. The number of amidine groups is 1. The number of rotatable bonds is 6. The minimum Gasteiger partial charge on any atom is -0.493 e. The highest BCUT2D eigenvalue weighted by atomic mass is 16.6. The van der Waals surface area contributed by atoms with Crippen molar-refractivity contribution < 1.29 is 28.7 Å². The Hall–Kier alpha value is -3.63. The number of benzene rings is 1. The van der Waals surface area contributed by atoms with Gasteiger partial charge in [-0.05, 0) is 22.4 Å². The molecule has 1 heterocycles. The van der Waals surface area contributed by atoms with Gasteiger partial charge in [0.2, 0.25) is 17.8 Å². The molecule has 0 fully saturated rings. The van der Waals surface area contributed by atoms with Crippen molar-refractivity contribution in [1.82, 2.24) is 10.3 Å². The number of esters is 1. The fraction of sp³-hybridized carbons (Fsp3) is 0.214. The Morgan fingerprint density at radius 3 is 2.40 bits per heavy atom. The highest BCUT2D eigenvalue weighted by Crippen LogP contribution is 2.38. The molecule has 0 aliphatic rings. The number of nitrogens with two attached hydrogens (primary N) is 2. The summed E-state index contributed by atoms with van der Waals surface area (Å²) in [6, 6.07) is 3.23. The Labute approximate surface area is 142 Å². The molecule has 0 saturated carbocycles. The zero-order valence-corrected chi connectivity index (χ0v) is 13.8. The molecule has 11 nitrogen and oxygen atoms in total. The van der Waals surface area contributed by atoms with E-state index in [1.54, 1.807) is 12.1 Å². The Balaban J connectivity index is 2.30. The zero-order valence-electron chi connectivity index (χ0n) is 13.8. The Kier molecular flexibility index (Phi) is 5.50. The first-order valence-corrected chi connectivity index (χ1v) is 6.91. The summed E-state index contributed by atoms with van der Waals surface area (Å²) in [4.78, 5) is 11.2. The molecule has 2 aromatic rings. The second-order valence-electron chi connectivity index (χ2n) is 4.62. The first-order valence-electron chi connectivity index (χ1n) is 6.91. The molecule has 0 amide bonds. The van der Waals surface area contributed by atoms with Gasteiger partial charge in [0, 0.05) is 17.6 Å². The van der Waals surface area contributed by atoms with Crippen LogP contribution >= 0.6 is 0 Å². The number of carbonyl (C=O) groups is 1. The van der Waals surface area contributed by atoms with Gasteiger partial charge in [-0.3, -0.25) is 4.79 Å². The van der Waals surface area contributed by atoms with Crippen LogP contribution in [0.4, 0.5) is 5.82 Å². The molecule has 132 valence electrons. The van der Waals surface area contributed by atoms with Crippen LogP contribution in [0.2, 0.25) is 0 Å². The van der Waals surface area contributed by atoms with E-state index in [-0.39, 0.29) is 23.1 Å². The van der Waals surface area contributed by atoms with Crippen LogP contribution < -0.4 is 30.8 Å². The number of hydrogen-bond donors (Lipinski definition) is 3. The van der Waals surface area contributed by atoms with Gasteiger partial charge in [-0.15, -0.1) is 5.10 Å². The van der Waals surface area contributed by atoms with Crippen molar-refractivity contribution in [3.63, 3.8) is 0 Å². The van der Waals surface area contributed by atoms with Crippen molar-refractivity contribution in [2.45, 2.75) is 6.92 Å². The van der Waals surface area contributed by atoms with Gasteiger partial charge in [-0.1, -0.05) is 0 Å². The number of anilines is 1. The standard InChI is InChI=1S/C14H16N6O5/c1-7(21)24-12-9(22-2)4-8(5-10(12)23-3)6-17-18-13(15)11-14(16)20-25-19-11/h4-6H,1-3H3,(H2,15,18)(H2,16,20)/p+1/b17-6-. The van der Waals surface area contributed by atoms with Gasteiger partial charge in [-0.25, -0.2) is 4.63 Å². The number of nitrogens with zero attached hydrogens (tertiary/aromatic N) is 3. The van der Waals surface area contributed by atoms with Gasteiger partial charge in [0.25, 0.3) is 0 Å². The van der Waals surface area contributed by atoms with E-state index < -0.39 is 5.97 Å². The second kappa shape index (κ2) is 7.77. The van der Waals surface area contributed by atoms with Crippen LogP contribution in [0.3, 0.4) is 0 Å². The van der Waals surface area contributed by atoms with Gasteiger partial charge < -0.3 is 25.7 Å². The maximum Gasteiger partial charge on any atom is 0.308 e. The number of nitrogen functional groups attached to an aromatic ring is 1. The fourth-order valence-electron chi connectivity index (χ4n) is 1.83. The number of carbonyl (C=O) groups excluding carboxylic acids is 1. The third-order valence-corrected chi connectivity index (χ3v) is 2.90. The second-order valence-corrected chi connectivity index (χ2v) is 4.62. The van der Waals surface area contributed by atoms with Crippen LogP contribution in [0, 0.1) is 0 Å². The zero-order chi connectivity index (χ0) is 18.4. The van der Waals surface area contributed by atoms with E-state index in [9.17, 15) is 4.79 Å². The van der Waals surface area contributed by atoms with Crippen molar-refractivity contribution >= 4 is 23.8 Å². The van der Waals surface area contributed by atoms with Gasteiger partial charge in [0.1, 0.15) is 0 Å². The van der Waals surface area contributed by atoms with Crippen molar-refractivity contribution in [1.29, 1.82) is 0 Å². The summed E-state index contributed by atoms with van der Waals surface area (Å²) in [7, 11) is 2.88. The molecule has 0 atom stereocenters. The average molecular weight is 349 g/mol. The summed E-state index contributed by atoms with van der Waals surface area (Å²) in [5.41, 5.74) is 12.0. The van der Waals surface area contributed by atoms with E-state index in [1.807, 2.05) is 0 Å². The SMILES string of the molecule is COc1cc(/C=[NH+]\N=C(N)c2nonc2N)cc(OC)c1OC(C)=O. The molecule has 0 saturated heterocycles. The molecule has 1 aromatic carbocycles. The van der Waals surface area contributed by atoms with Gasteiger partial charge in [0.05, 0.1) is 14.2 Å². The summed E-state index contributed by atoms with van der Waals surface area (Å²) in [6.45, 7) is 1.28. The molecule has 5 N–H and O–H groups in total. The van der Waals surface area contributed by atoms with Gasteiger partial charge in [0.15, 0.2) is 23.0 Å².